The summed E-state index contributed by atoms with van der Waals surface area (Å²) in [5.41, 5.74) is 0.180. The van der Waals surface area contributed by atoms with E-state index in [0.29, 0.717) is 10.8 Å². The van der Waals surface area contributed by atoms with E-state index in [1.54, 1.807) is 18.2 Å². The fraction of sp³-hybridized carbons (Fsp3) is 0.118. The lowest BCUT2D eigenvalue weighted by molar-refractivity contribution is -0.135. The molecule has 0 aliphatic carbocycles. The summed E-state index contributed by atoms with van der Waals surface area (Å²) in [6.07, 6.45) is 1.55. The predicted octanol–water partition coefficient (Wildman–Crippen LogP) is 3.18. The van der Waals surface area contributed by atoms with E-state index in [4.69, 9.17) is 21.4 Å². The zero-order chi connectivity index (χ0) is 18.4. The van der Waals surface area contributed by atoms with Crippen molar-refractivity contribution in [2.45, 2.75) is 4.90 Å². The minimum atomic E-state index is -4.09. The van der Waals surface area contributed by atoms with Crippen molar-refractivity contribution in [3.8, 4) is 5.75 Å². The molecule has 0 aliphatic rings. The Balaban J connectivity index is 2.47. The fourth-order valence-electron chi connectivity index (χ4n) is 2.06. The molecule has 0 bridgehead atoms. The Morgan fingerprint density at radius 2 is 1.92 bits per heavy atom. The molecule has 0 aliphatic heterocycles. The van der Waals surface area contributed by atoms with Gasteiger partial charge in [0.05, 0.1) is 10.6 Å². The number of nitrogens with zero attached hydrogens (tertiary/aromatic N) is 1. The molecule has 25 heavy (non-hydrogen) atoms. The van der Waals surface area contributed by atoms with Gasteiger partial charge in [-0.15, -0.1) is 0 Å². The summed E-state index contributed by atoms with van der Waals surface area (Å²) >= 11 is 5.78. The molecule has 2 aromatic carbocycles. The predicted molar refractivity (Wildman–Crippen MR) is 95.8 cm³/mol. The van der Waals surface area contributed by atoms with Crippen molar-refractivity contribution >= 4 is 33.3 Å². The number of sulfonamides is 1. The Hall–Kier alpha value is -2.51. The molecule has 0 radical (unpaired) electrons. The van der Waals surface area contributed by atoms with Crippen LogP contribution in [0.15, 0.2) is 66.1 Å². The summed E-state index contributed by atoms with van der Waals surface area (Å²) < 4.78 is 31.9. The van der Waals surface area contributed by atoms with Gasteiger partial charge >= 0.3 is 5.97 Å². The lowest BCUT2D eigenvalue weighted by Gasteiger charge is -2.23. The van der Waals surface area contributed by atoms with Crippen molar-refractivity contribution in [3.63, 3.8) is 0 Å². The second kappa shape index (κ2) is 8.04. The Kier molecular flexibility index (Phi) is 6.06. The molecule has 0 saturated heterocycles. The van der Waals surface area contributed by atoms with Gasteiger partial charge in [-0.25, -0.2) is 8.42 Å². The number of carboxylic acids is 1. The maximum atomic E-state index is 12.9. The second-order valence-corrected chi connectivity index (χ2v) is 7.26. The average molecular weight is 382 g/mol. The van der Waals surface area contributed by atoms with Crippen LogP contribution in [0, 0.1) is 0 Å². The van der Waals surface area contributed by atoms with Crippen LogP contribution in [0.1, 0.15) is 0 Å². The van der Waals surface area contributed by atoms with Gasteiger partial charge in [0.15, 0.2) is 0 Å². The third-order valence-electron chi connectivity index (χ3n) is 3.15. The summed E-state index contributed by atoms with van der Waals surface area (Å²) in [4.78, 5) is 11.1. The number of benzene rings is 2. The summed E-state index contributed by atoms with van der Waals surface area (Å²) in [6.45, 7) is 3.05. The van der Waals surface area contributed by atoms with Crippen molar-refractivity contribution in [3.05, 3.63) is 66.2 Å². The van der Waals surface area contributed by atoms with Gasteiger partial charge in [0, 0.05) is 11.1 Å². The summed E-state index contributed by atoms with van der Waals surface area (Å²) in [6, 6.07) is 11.7. The summed E-state index contributed by atoms with van der Waals surface area (Å²) in [5, 5.41) is 9.52. The molecular formula is C17H16ClNO5S. The quantitative estimate of drug-likeness (QED) is 0.710. The van der Waals surface area contributed by atoms with Crippen LogP contribution in [0.25, 0.3) is 0 Å². The molecule has 6 nitrogen and oxygen atoms in total. The van der Waals surface area contributed by atoms with E-state index in [0.717, 1.165) is 4.31 Å². The third-order valence-corrected chi connectivity index (χ3v) is 5.19. The number of ether oxygens (including phenoxy) is 1. The van der Waals surface area contributed by atoms with Crippen molar-refractivity contribution in [2.24, 2.45) is 0 Å². The average Bonchev–Trinajstić information content (AvgIpc) is 2.58. The van der Waals surface area contributed by atoms with Crippen LogP contribution in [0.3, 0.4) is 0 Å². The molecule has 2 aromatic rings. The maximum Gasteiger partial charge on any atom is 0.324 e. The van der Waals surface area contributed by atoms with Crippen LogP contribution < -0.4 is 9.04 Å². The van der Waals surface area contributed by atoms with E-state index >= 15 is 0 Å². The maximum absolute atomic E-state index is 12.9. The van der Waals surface area contributed by atoms with Gasteiger partial charge in [-0.1, -0.05) is 30.3 Å². The van der Waals surface area contributed by atoms with Crippen LogP contribution in [0.5, 0.6) is 5.75 Å². The normalized spacial score (nSPS) is 10.9. The van der Waals surface area contributed by atoms with Gasteiger partial charge < -0.3 is 9.84 Å². The molecule has 0 aromatic heterocycles. The first kappa shape index (κ1) is 18.8. The van der Waals surface area contributed by atoms with Gasteiger partial charge in [0.25, 0.3) is 10.0 Å². The van der Waals surface area contributed by atoms with Crippen LogP contribution >= 0.6 is 11.6 Å². The molecule has 2 rings (SSSR count). The number of hydrogen-bond donors (Lipinski definition) is 1. The molecule has 8 heteroatoms. The molecule has 0 atom stereocenters. The van der Waals surface area contributed by atoms with Crippen molar-refractivity contribution in [1.29, 1.82) is 0 Å². The number of carbonyl (C=O) groups is 1. The first-order valence-electron chi connectivity index (χ1n) is 7.18. The zero-order valence-electron chi connectivity index (χ0n) is 13.1. The minimum absolute atomic E-state index is 0.0597. The van der Waals surface area contributed by atoms with E-state index in [1.807, 2.05) is 0 Å². The zero-order valence-corrected chi connectivity index (χ0v) is 14.7. The molecule has 0 amide bonds. The Labute approximate surface area is 151 Å². The number of rotatable bonds is 8. The summed E-state index contributed by atoms with van der Waals surface area (Å²) in [5.74, 6) is -0.881. The van der Waals surface area contributed by atoms with Gasteiger partial charge in [-0.2, -0.15) is 0 Å². The van der Waals surface area contributed by atoms with Crippen LogP contribution in [0.2, 0.25) is 5.02 Å². The molecular weight excluding hydrogens is 366 g/mol. The first-order chi connectivity index (χ1) is 11.8. The van der Waals surface area contributed by atoms with Crippen LogP contribution in [0.4, 0.5) is 5.69 Å². The van der Waals surface area contributed by atoms with E-state index in [1.165, 1.54) is 36.4 Å². The number of anilines is 1. The second-order valence-electron chi connectivity index (χ2n) is 4.96. The van der Waals surface area contributed by atoms with E-state index in [2.05, 4.69) is 6.58 Å². The van der Waals surface area contributed by atoms with E-state index in [-0.39, 0.29) is 17.2 Å². The highest BCUT2D eigenvalue weighted by atomic mass is 35.5. The largest absolute Gasteiger partial charge is 0.489 e. The number of halogens is 1. The molecule has 0 spiro atoms. The van der Waals surface area contributed by atoms with Crippen molar-refractivity contribution in [2.75, 3.05) is 17.5 Å². The molecule has 0 unspecified atom stereocenters. The van der Waals surface area contributed by atoms with Gasteiger partial charge in [0.1, 0.15) is 18.9 Å². The fourth-order valence-corrected chi connectivity index (χ4v) is 3.59. The van der Waals surface area contributed by atoms with Crippen LogP contribution in [-0.4, -0.2) is 32.6 Å². The monoisotopic (exact) mass is 381 g/mol. The Bertz CT molecular complexity index is 865. The topological polar surface area (TPSA) is 83.9 Å². The van der Waals surface area contributed by atoms with Crippen LogP contribution in [-0.2, 0) is 14.8 Å². The molecule has 0 heterocycles. The Morgan fingerprint density at radius 3 is 2.52 bits per heavy atom. The Morgan fingerprint density at radius 1 is 1.24 bits per heavy atom. The van der Waals surface area contributed by atoms with Gasteiger partial charge in [-0.05, 0) is 36.4 Å². The summed E-state index contributed by atoms with van der Waals surface area (Å²) in [7, 11) is -4.09. The number of carboxylic acid groups (broad SMARTS) is 1. The highest BCUT2D eigenvalue weighted by Gasteiger charge is 2.27. The number of hydrogen-bond acceptors (Lipinski definition) is 4. The van der Waals surface area contributed by atoms with Gasteiger partial charge in [-0.3, -0.25) is 9.10 Å². The smallest absolute Gasteiger partial charge is 0.324 e. The van der Waals surface area contributed by atoms with Gasteiger partial charge in [0.2, 0.25) is 0 Å². The first-order valence-corrected chi connectivity index (χ1v) is 9.00. The minimum Gasteiger partial charge on any atom is -0.489 e. The number of aliphatic carboxylic acids is 1. The van der Waals surface area contributed by atoms with E-state index in [9.17, 15) is 13.2 Å². The highest BCUT2D eigenvalue weighted by Crippen LogP contribution is 2.27. The lowest BCUT2D eigenvalue weighted by Crippen LogP contribution is -2.35. The molecule has 1 N–H and O–H groups in total. The van der Waals surface area contributed by atoms with E-state index < -0.39 is 22.5 Å². The highest BCUT2D eigenvalue weighted by molar-refractivity contribution is 7.92. The van der Waals surface area contributed by atoms with Crippen molar-refractivity contribution in [1.82, 2.24) is 0 Å². The third kappa shape index (κ3) is 4.74. The standard InChI is InChI=1S/C17H16ClNO5S/c1-2-10-24-15-5-3-4-14(11-15)19(12-17(20)21)25(22,23)16-8-6-13(18)7-9-16/h2-9,11H,1,10,12H2,(H,20,21). The van der Waals surface area contributed by atoms with Crippen molar-refractivity contribution < 1.29 is 23.1 Å². The molecule has 0 saturated carbocycles. The molecule has 132 valence electrons. The lowest BCUT2D eigenvalue weighted by atomic mass is 10.3. The molecule has 0 fully saturated rings. The SMILES string of the molecule is C=CCOc1cccc(N(CC(=O)O)S(=O)(=O)c2ccc(Cl)cc2)c1.